The fourth-order valence-electron chi connectivity index (χ4n) is 1.42. The molecule has 4 nitrogen and oxygen atoms in total. The largest absolute Gasteiger partial charge is 0.478 e. The smallest absolute Gasteiger partial charge is 0.338 e. The second-order valence-electron chi connectivity index (χ2n) is 4.41. The highest BCUT2D eigenvalue weighted by Gasteiger charge is 2.17. The zero-order valence-electron chi connectivity index (χ0n) is 10.3. The maximum Gasteiger partial charge on any atom is 0.338 e. The number of anilines is 1. The number of halogens is 1. The second kappa shape index (κ2) is 5.61. The maximum atomic E-state index is 13.8. The van der Waals surface area contributed by atoms with Crippen molar-refractivity contribution in [3.8, 4) is 0 Å². The summed E-state index contributed by atoms with van der Waals surface area (Å²) >= 11 is 0. The predicted octanol–water partition coefficient (Wildman–Crippen LogP) is 2.40. The Hall–Kier alpha value is -1.65. The molecule has 1 aromatic heterocycles. The van der Waals surface area contributed by atoms with Crippen LogP contribution in [0.5, 0.6) is 0 Å². The summed E-state index contributed by atoms with van der Waals surface area (Å²) in [7, 11) is 1.71. The molecule has 0 unspecified atom stereocenters. The van der Waals surface area contributed by atoms with E-state index in [1.807, 2.05) is 0 Å². The van der Waals surface area contributed by atoms with Crippen LogP contribution in [0.15, 0.2) is 12.3 Å². The van der Waals surface area contributed by atoms with Crippen LogP contribution >= 0.6 is 0 Å². The summed E-state index contributed by atoms with van der Waals surface area (Å²) < 4.78 is 13.8. The molecule has 0 saturated carbocycles. The molecule has 94 valence electrons. The Bertz CT molecular complexity index is 407. The molecule has 1 aromatic rings. The number of pyridine rings is 1. The highest BCUT2D eigenvalue weighted by atomic mass is 19.1. The van der Waals surface area contributed by atoms with Gasteiger partial charge < -0.3 is 10.0 Å². The molecule has 0 atom stereocenters. The Labute approximate surface area is 100 Å². The summed E-state index contributed by atoms with van der Waals surface area (Å²) in [6.45, 7) is 4.79. The van der Waals surface area contributed by atoms with E-state index in [1.54, 1.807) is 11.9 Å². The molecule has 0 aliphatic carbocycles. The van der Waals surface area contributed by atoms with Gasteiger partial charge in [-0.1, -0.05) is 13.8 Å². The number of aromatic carboxylic acids is 1. The van der Waals surface area contributed by atoms with Crippen LogP contribution in [-0.2, 0) is 0 Å². The molecule has 5 heteroatoms. The first-order valence-corrected chi connectivity index (χ1v) is 5.52. The van der Waals surface area contributed by atoms with E-state index in [1.165, 1.54) is 6.20 Å². The van der Waals surface area contributed by atoms with Gasteiger partial charge in [0.15, 0.2) is 11.6 Å². The third kappa shape index (κ3) is 3.41. The van der Waals surface area contributed by atoms with Crippen molar-refractivity contribution in [3.63, 3.8) is 0 Å². The molecule has 0 aliphatic rings. The number of carboxylic acids is 1. The first-order chi connectivity index (χ1) is 7.93. The van der Waals surface area contributed by atoms with Gasteiger partial charge in [0.2, 0.25) is 0 Å². The molecule has 0 spiro atoms. The predicted molar refractivity (Wildman–Crippen MR) is 63.9 cm³/mol. The summed E-state index contributed by atoms with van der Waals surface area (Å²) in [6, 6.07) is 1.16. The molecule has 0 aromatic carbocycles. The van der Waals surface area contributed by atoms with Gasteiger partial charge in [-0.25, -0.2) is 14.2 Å². The fraction of sp³-hybridized carbons (Fsp3) is 0.500. The standard InChI is InChI=1S/C12H17FN2O2/c1-8(2)5-7-15(3)11-10(13)9(12(16)17)4-6-14-11/h4,6,8H,5,7H2,1-3H3,(H,16,17). The van der Waals surface area contributed by atoms with Gasteiger partial charge in [-0.3, -0.25) is 0 Å². The highest BCUT2D eigenvalue weighted by molar-refractivity contribution is 5.88. The summed E-state index contributed by atoms with van der Waals surface area (Å²) in [5.74, 6) is -1.46. The molecule has 0 amide bonds. The molecule has 1 rings (SSSR count). The molecule has 17 heavy (non-hydrogen) atoms. The number of hydrogen-bond acceptors (Lipinski definition) is 3. The Kier molecular flexibility index (Phi) is 4.43. The molecule has 0 fully saturated rings. The van der Waals surface area contributed by atoms with Crippen molar-refractivity contribution in [2.45, 2.75) is 20.3 Å². The van der Waals surface area contributed by atoms with Crippen molar-refractivity contribution in [2.24, 2.45) is 5.92 Å². The topological polar surface area (TPSA) is 53.4 Å². The van der Waals surface area contributed by atoms with Crippen molar-refractivity contribution < 1.29 is 14.3 Å². The monoisotopic (exact) mass is 240 g/mol. The van der Waals surface area contributed by atoms with Gasteiger partial charge in [0, 0.05) is 19.8 Å². The number of carboxylic acid groups (broad SMARTS) is 1. The number of carbonyl (C=O) groups is 1. The minimum absolute atomic E-state index is 0.0885. The van der Waals surface area contributed by atoms with Gasteiger partial charge in [0.25, 0.3) is 0 Å². The van der Waals surface area contributed by atoms with Gasteiger partial charge in [0.05, 0.1) is 0 Å². The Balaban J connectivity index is 2.90. The van der Waals surface area contributed by atoms with Gasteiger partial charge in [0.1, 0.15) is 5.56 Å². The van der Waals surface area contributed by atoms with Crippen LogP contribution in [-0.4, -0.2) is 29.7 Å². The van der Waals surface area contributed by atoms with E-state index in [9.17, 15) is 9.18 Å². The molecule has 0 saturated heterocycles. The maximum absolute atomic E-state index is 13.8. The summed E-state index contributed by atoms with van der Waals surface area (Å²) in [5.41, 5.74) is -0.341. The van der Waals surface area contributed by atoms with Crippen LogP contribution in [0.25, 0.3) is 0 Å². The molecule has 1 heterocycles. The van der Waals surface area contributed by atoms with Crippen molar-refractivity contribution in [2.75, 3.05) is 18.5 Å². The highest BCUT2D eigenvalue weighted by Crippen LogP contribution is 2.19. The van der Waals surface area contributed by atoms with Crippen LogP contribution in [0, 0.1) is 11.7 Å². The average Bonchev–Trinajstić information content (AvgIpc) is 2.25. The Morgan fingerprint density at radius 2 is 2.24 bits per heavy atom. The minimum Gasteiger partial charge on any atom is -0.478 e. The number of rotatable bonds is 5. The minimum atomic E-state index is -1.27. The lowest BCUT2D eigenvalue weighted by Gasteiger charge is -2.20. The van der Waals surface area contributed by atoms with Crippen molar-refractivity contribution in [1.82, 2.24) is 4.98 Å². The molecule has 0 aliphatic heterocycles. The van der Waals surface area contributed by atoms with E-state index >= 15 is 0 Å². The lowest BCUT2D eigenvalue weighted by atomic mass is 10.1. The van der Waals surface area contributed by atoms with Crippen LogP contribution < -0.4 is 4.90 Å². The lowest BCUT2D eigenvalue weighted by molar-refractivity contribution is 0.0692. The molecular formula is C12H17FN2O2. The zero-order valence-corrected chi connectivity index (χ0v) is 10.3. The van der Waals surface area contributed by atoms with Crippen molar-refractivity contribution in [3.05, 3.63) is 23.6 Å². The second-order valence-corrected chi connectivity index (χ2v) is 4.41. The first kappa shape index (κ1) is 13.4. The van der Waals surface area contributed by atoms with Crippen LogP contribution in [0.2, 0.25) is 0 Å². The number of aromatic nitrogens is 1. The summed E-state index contributed by atoms with van der Waals surface area (Å²) in [6.07, 6.45) is 2.21. The molecule has 0 radical (unpaired) electrons. The average molecular weight is 240 g/mol. The van der Waals surface area contributed by atoms with E-state index in [-0.39, 0.29) is 11.4 Å². The number of nitrogens with zero attached hydrogens (tertiary/aromatic N) is 2. The van der Waals surface area contributed by atoms with Crippen molar-refractivity contribution >= 4 is 11.8 Å². The molecular weight excluding hydrogens is 223 g/mol. The van der Waals surface area contributed by atoms with E-state index in [0.29, 0.717) is 12.5 Å². The normalized spacial score (nSPS) is 10.6. The third-order valence-electron chi connectivity index (χ3n) is 2.50. The van der Waals surface area contributed by atoms with Crippen molar-refractivity contribution in [1.29, 1.82) is 0 Å². The Morgan fingerprint density at radius 1 is 1.59 bits per heavy atom. The van der Waals surface area contributed by atoms with E-state index in [2.05, 4.69) is 18.8 Å². The zero-order chi connectivity index (χ0) is 13.0. The molecule has 1 N–H and O–H groups in total. The first-order valence-electron chi connectivity index (χ1n) is 5.52. The summed E-state index contributed by atoms with van der Waals surface area (Å²) in [5, 5.41) is 8.80. The third-order valence-corrected chi connectivity index (χ3v) is 2.50. The van der Waals surface area contributed by atoms with Crippen LogP contribution in [0.3, 0.4) is 0 Å². The van der Waals surface area contributed by atoms with Crippen LogP contribution in [0.4, 0.5) is 10.2 Å². The van der Waals surface area contributed by atoms with E-state index in [4.69, 9.17) is 5.11 Å². The van der Waals surface area contributed by atoms with Gasteiger partial charge in [-0.2, -0.15) is 0 Å². The van der Waals surface area contributed by atoms with E-state index in [0.717, 1.165) is 12.5 Å². The number of hydrogen-bond donors (Lipinski definition) is 1. The van der Waals surface area contributed by atoms with Gasteiger partial charge >= 0.3 is 5.97 Å². The van der Waals surface area contributed by atoms with E-state index < -0.39 is 11.8 Å². The van der Waals surface area contributed by atoms with Crippen LogP contribution in [0.1, 0.15) is 30.6 Å². The summed E-state index contributed by atoms with van der Waals surface area (Å²) in [4.78, 5) is 16.3. The lowest BCUT2D eigenvalue weighted by Crippen LogP contribution is -2.23. The molecule has 0 bridgehead atoms. The quantitative estimate of drug-likeness (QED) is 0.858. The van der Waals surface area contributed by atoms with Gasteiger partial charge in [-0.05, 0) is 18.4 Å². The van der Waals surface area contributed by atoms with Gasteiger partial charge in [-0.15, -0.1) is 0 Å². The fourth-order valence-corrected chi connectivity index (χ4v) is 1.42. The SMILES string of the molecule is CC(C)CCN(C)c1nccc(C(=O)O)c1F. The Morgan fingerprint density at radius 3 is 2.76 bits per heavy atom.